The van der Waals surface area contributed by atoms with Crippen LogP contribution in [0.3, 0.4) is 0 Å². The van der Waals surface area contributed by atoms with Crippen molar-refractivity contribution >= 4 is 41.3 Å². The van der Waals surface area contributed by atoms with Gasteiger partial charge in [0, 0.05) is 18.1 Å². The van der Waals surface area contributed by atoms with Gasteiger partial charge in [0.1, 0.15) is 10.8 Å². The van der Waals surface area contributed by atoms with Crippen molar-refractivity contribution in [2.45, 2.75) is 33.4 Å². The van der Waals surface area contributed by atoms with Gasteiger partial charge in [-0.05, 0) is 38.0 Å². The summed E-state index contributed by atoms with van der Waals surface area (Å²) in [7, 11) is 1.71. The SMILES string of the molecule is CN=C(NCc1nc(C)cs1)NC(C)c1ccc(C)c(F)c1.I. The molecule has 1 aromatic carbocycles. The van der Waals surface area contributed by atoms with Crippen molar-refractivity contribution in [1.82, 2.24) is 15.6 Å². The smallest absolute Gasteiger partial charge is 0.191 e. The van der Waals surface area contributed by atoms with Crippen molar-refractivity contribution in [1.29, 1.82) is 0 Å². The van der Waals surface area contributed by atoms with E-state index in [-0.39, 0.29) is 35.8 Å². The largest absolute Gasteiger partial charge is 0.350 e. The third-order valence-electron chi connectivity index (χ3n) is 3.35. The molecule has 1 heterocycles. The fraction of sp³-hybridized carbons (Fsp3) is 0.375. The number of nitrogens with zero attached hydrogens (tertiary/aromatic N) is 2. The highest BCUT2D eigenvalue weighted by molar-refractivity contribution is 14.0. The van der Waals surface area contributed by atoms with Crippen LogP contribution in [0.4, 0.5) is 4.39 Å². The van der Waals surface area contributed by atoms with E-state index in [1.165, 1.54) is 0 Å². The summed E-state index contributed by atoms with van der Waals surface area (Å²) in [4.78, 5) is 8.59. The molecule has 2 aromatic rings. The molecular formula is C16H22FIN4S. The van der Waals surface area contributed by atoms with E-state index in [2.05, 4.69) is 20.6 Å². The molecule has 0 aliphatic rings. The monoisotopic (exact) mass is 448 g/mol. The van der Waals surface area contributed by atoms with Crippen LogP contribution in [0.25, 0.3) is 0 Å². The molecule has 1 atom stereocenters. The molecule has 0 saturated heterocycles. The quantitative estimate of drug-likeness (QED) is 0.423. The first-order valence-electron chi connectivity index (χ1n) is 7.14. The van der Waals surface area contributed by atoms with Gasteiger partial charge in [-0.1, -0.05) is 12.1 Å². The Morgan fingerprint density at radius 2 is 2.13 bits per heavy atom. The zero-order valence-electron chi connectivity index (χ0n) is 13.7. The predicted octanol–water partition coefficient (Wildman–Crippen LogP) is 3.94. The summed E-state index contributed by atoms with van der Waals surface area (Å²) in [5.74, 6) is 0.480. The summed E-state index contributed by atoms with van der Waals surface area (Å²) in [5.41, 5.74) is 2.56. The molecule has 0 saturated carbocycles. The Morgan fingerprint density at radius 3 is 2.70 bits per heavy atom. The first kappa shape index (κ1) is 19.8. The number of rotatable bonds is 4. The van der Waals surface area contributed by atoms with E-state index in [1.807, 2.05) is 25.3 Å². The molecule has 4 nitrogen and oxygen atoms in total. The molecule has 0 radical (unpaired) electrons. The molecule has 2 N–H and O–H groups in total. The number of halogens is 2. The lowest BCUT2D eigenvalue weighted by Gasteiger charge is -2.18. The maximum absolute atomic E-state index is 13.7. The Balaban J connectivity index is 0.00000264. The summed E-state index contributed by atoms with van der Waals surface area (Å²) < 4.78 is 13.7. The number of benzene rings is 1. The molecule has 0 aliphatic carbocycles. The van der Waals surface area contributed by atoms with Crippen molar-refractivity contribution in [3.63, 3.8) is 0 Å². The number of aliphatic imine (C=N–C) groups is 1. The van der Waals surface area contributed by atoms with Crippen LogP contribution >= 0.6 is 35.3 Å². The average Bonchev–Trinajstić information content (AvgIpc) is 2.91. The first-order chi connectivity index (χ1) is 10.5. The zero-order valence-corrected chi connectivity index (χ0v) is 16.8. The van der Waals surface area contributed by atoms with Crippen molar-refractivity contribution in [3.8, 4) is 0 Å². The standard InChI is InChI=1S/C16H21FN4S.HI/c1-10-5-6-13(7-14(10)17)12(3)21-16(18-4)19-8-15-20-11(2)9-22-15;/h5-7,9,12H,8H2,1-4H3,(H2,18,19,21);1H. The summed E-state index contributed by atoms with van der Waals surface area (Å²) in [6.45, 7) is 6.33. The van der Waals surface area contributed by atoms with Crippen LogP contribution in [-0.4, -0.2) is 18.0 Å². The van der Waals surface area contributed by atoms with Gasteiger partial charge in [-0.2, -0.15) is 0 Å². The molecule has 1 aromatic heterocycles. The number of thiazole rings is 1. The minimum atomic E-state index is -0.188. The Morgan fingerprint density at radius 1 is 1.39 bits per heavy atom. The summed E-state index contributed by atoms with van der Waals surface area (Å²) in [6.07, 6.45) is 0. The lowest BCUT2D eigenvalue weighted by atomic mass is 10.1. The highest BCUT2D eigenvalue weighted by Gasteiger charge is 2.10. The van der Waals surface area contributed by atoms with E-state index in [0.29, 0.717) is 18.1 Å². The van der Waals surface area contributed by atoms with Gasteiger partial charge >= 0.3 is 0 Å². The van der Waals surface area contributed by atoms with Crippen molar-refractivity contribution in [2.75, 3.05) is 7.05 Å². The molecule has 126 valence electrons. The van der Waals surface area contributed by atoms with Gasteiger partial charge < -0.3 is 10.6 Å². The zero-order chi connectivity index (χ0) is 16.1. The number of hydrogen-bond acceptors (Lipinski definition) is 3. The van der Waals surface area contributed by atoms with Crippen LogP contribution in [0.2, 0.25) is 0 Å². The van der Waals surface area contributed by atoms with Crippen molar-refractivity contribution in [2.24, 2.45) is 4.99 Å². The van der Waals surface area contributed by atoms with Gasteiger partial charge in [0.15, 0.2) is 5.96 Å². The Bertz CT molecular complexity index is 672. The first-order valence-corrected chi connectivity index (χ1v) is 8.02. The van der Waals surface area contributed by atoms with Gasteiger partial charge in [0.2, 0.25) is 0 Å². The molecular weight excluding hydrogens is 426 g/mol. The maximum Gasteiger partial charge on any atom is 0.191 e. The molecule has 23 heavy (non-hydrogen) atoms. The molecule has 0 spiro atoms. The van der Waals surface area contributed by atoms with Crippen LogP contribution in [0.5, 0.6) is 0 Å². The van der Waals surface area contributed by atoms with Gasteiger partial charge in [-0.3, -0.25) is 4.99 Å². The third-order valence-corrected chi connectivity index (χ3v) is 4.31. The number of guanidine groups is 1. The van der Waals surface area contributed by atoms with Gasteiger partial charge in [0.05, 0.1) is 12.6 Å². The second-order valence-electron chi connectivity index (χ2n) is 5.18. The van der Waals surface area contributed by atoms with E-state index < -0.39 is 0 Å². The normalized spacial score (nSPS) is 12.5. The van der Waals surface area contributed by atoms with Crippen molar-refractivity contribution in [3.05, 3.63) is 51.2 Å². The second kappa shape index (κ2) is 9.17. The van der Waals surface area contributed by atoms with E-state index in [0.717, 1.165) is 16.3 Å². The topological polar surface area (TPSA) is 49.3 Å². The maximum atomic E-state index is 13.7. The lowest BCUT2D eigenvalue weighted by molar-refractivity contribution is 0.607. The molecule has 7 heteroatoms. The number of aromatic nitrogens is 1. The Hall–Kier alpha value is -1.22. The van der Waals surface area contributed by atoms with Gasteiger partial charge in [-0.25, -0.2) is 9.37 Å². The molecule has 1 unspecified atom stereocenters. The fourth-order valence-electron chi connectivity index (χ4n) is 2.00. The number of nitrogens with one attached hydrogen (secondary N) is 2. The molecule has 0 fully saturated rings. The Kier molecular flexibility index (Phi) is 7.90. The molecule has 0 aliphatic heterocycles. The van der Waals surface area contributed by atoms with E-state index >= 15 is 0 Å². The van der Waals surface area contributed by atoms with Crippen molar-refractivity contribution < 1.29 is 4.39 Å². The highest BCUT2D eigenvalue weighted by Crippen LogP contribution is 2.16. The molecule has 0 amide bonds. The van der Waals surface area contributed by atoms with E-state index in [4.69, 9.17) is 0 Å². The summed E-state index contributed by atoms with van der Waals surface area (Å²) in [5, 5.41) is 9.50. The minimum Gasteiger partial charge on any atom is -0.350 e. The van der Waals surface area contributed by atoms with Crippen LogP contribution < -0.4 is 10.6 Å². The van der Waals surface area contributed by atoms with Gasteiger partial charge in [0.25, 0.3) is 0 Å². The van der Waals surface area contributed by atoms with Crippen LogP contribution in [0.15, 0.2) is 28.6 Å². The summed E-state index contributed by atoms with van der Waals surface area (Å²) in [6, 6.07) is 5.23. The Labute approximate surface area is 157 Å². The van der Waals surface area contributed by atoms with E-state index in [1.54, 1.807) is 37.4 Å². The van der Waals surface area contributed by atoms with Gasteiger partial charge in [-0.15, -0.1) is 35.3 Å². The van der Waals surface area contributed by atoms with Crippen LogP contribution in [0, 0.1) is 19.7 Å². The van der Waals surface area contributed by atoms with Crippen LogP contribution in [-0.2, 0) is 6.54 Å². The summed E-state index contributed by atoms with van der Waals surface area (Å²) >= 11 is 1.61. The third kappa shape index (κ3) is 5.72. The predicted molar refractivity (Wildman–Crippen MR) is 105 cm³/mol. The average molecular weight is 448 g/mol. The number of aryl methyl sites for hydroxylation is 2. The minimum absolute atomic E-state index is 0. The number of hydrogen-bond donors (Lipinski definition) is 2. The fourth-order valence-corrected chi connectivity index (χ4v) is 2.72. The second-order valence-corrected chi connectivity index (χ2v) is 6.13. The highest BCUT2D eigenvalue weighted by atomic mass is 127. The molecule has 2 rings (SSSR count). The van der Waals surface area contributed by atoms with E-state index in [9.17, 15) is 4.39 Å². The van der Waals surface area contributed by atoms with Crippen LogP contribution in [0.1, 0.15) is 34.8 Å². The molecule has 0 bridgehead atoms. The lowest BCUT2D eigenvalue weighted by Crippen LogP contribution is -2.38.